The highest BCUT2D eigenvalue weighted by atomic mass is 35.5. The zero-order chi connectivity index (χ0) is 13.0. The maximum absolute atomic E-state index is 10.8. The van der Waals surface area contributed by atoms with Gasteiger partial charge in [-0.1, -0.05) is 5.10 Å². The average molecular weight is 262 g/mol. The highest BCUT2D eigenvalue weighted by Gasteiger charge is 2.19. The van der Waals surface area contributed by atoms with Crippen molar-refractivity contribution in [2.75, 3.05) is 18.0 Å². The van der Waals surface area contributed by atoms with Gasteiger partial charge in [0.25, 0.3) is 0 Å². The van der Waals surface area contributed by atoms with Crippen LogP contribution in [0.4, 0.5) is 6.01 Å². The Labute approximate surface area is 102 Å². The highest BCUT2D eigenvalue weighted by Crippen LogP contribution is 2.21. The Bertz CT molecular complexity index is 403. The third-order valence-corrected chi connectivity index (χ3v) is 1.92. The highest BCUT2D eigenvalue weighted by molar-refractivity contribution is 6.20. The molecule has 0 spiro atoms. The summed E-state index contributed by atoms with van der Waals surface area (Å²) >= 11 is 5.73. The van der Waals surface area contributed by atoms with Gasteiger partial charge in [-0.2, -0.15) is 0 Å². The van der Waals surface area contributed by atoms with Crippen molar-refractivity contribution in [2.45, 2.75) is 12.3 Å². The van der Waals surface area contributed by atoms with E-state index in [1.807, 2.05) is 0 Å². The Kier molecular flexibility index (Phi) is 4.27. The number of rotatable bonds is 6. The first-order valence-corrected chi connectivity index (χ1v) is 5.12. The fourth-order valence-corrected chi connectivity index (χ4v) is 1.17. The second-order valence-corrected chi connectivity index (χ2v) is 3.98. The standard InChI is InChI=1S/C8H12ClN5O3/c1-4(9)7-12-13-8(17-7)14(2-5(10)15)3-6(11)16/h4H,2-3H2,1H3,(H2,10,15)(H2,11,16). The van der Waals surface area contributed by atoms with Gasteiger partial charge in [0.05, 0.1) is 0 Å². The molecule has 0 saturated carbocycles. The molecule has 0 aliphatic carbocycles. The van der Waals surface area contributed by atoms with Gasteiger partial charge in [0.15, 0.2) is 0 Å². The maximum atomic E-state index is 10.8. The molecule has 1 rings (SSSR count). The van der Waals surface area contributed by atoms with Crippen LogP contribution in [0, 0.1) is 0 Å². The van der Waals surface area contributed by atoms with Crippen LogP contribution in [0.25, 0.3) is 0 Å². The first-order valence-electron chi connectivity index (χ1n) is 4.69. The molecule has 0 aliphatic rings. The normalized spacial score (nSPS) is 12.1. The molecule has 17 heavy (non-hydrogen) atoms. The Morgan fingerprint density at radius 3 is 2.24 bits per heavy atom. The molecular weight excluding hydrogens is 250 g/mol. The third kappa shape index (κ3) is 3.91. The average Bonchev–Trinajstić information content (AvgIpc) is 2.63. The number of primary amides is 2. The summed E-state index contributed by atoms with van der Waals surface area (Å²) in [5, 5.41) is 6.84. The van der Waals surface area contributed by atoms with Gasteiger partial charge >= 0.3 is 6.01 Å². The van der Waals surface area contributed by atoms with Crippen molar-refractivity contribution in [3.63, 3.8) is 0 Å². The summed E-state index contributed by atoms with van der Waals surface area (Å²) in [6, 6.07) is -0.0231. The van der Waals surface area contributed by atoms with Crippen molar-refractivity contribution >= 4 is 29.4 Å². The minimum atomic E-state index is -0.648. The minimum absolute atomic E-state index is 0.0231. The number of carbonyl (C=O) groups is 2. The number of aromatic nitrogens is 2. The smallest absolute Gasteiger partial charge is 0.319 e. The summed E-state index contributed by atoms with van der Waals surface area (Å²) in [5.74, 6) is -1.12. The van der Waals surface area contributed by atoms with Gasteiger partial charge in [0.2, 0.25) is 17.7 Å². The SMILES string of the molecule is CC(Cl)c1nnc(N(CC(N)=O)CC(N)=O)o1. The Morgan fingerprint density at radius 2 is 1.88 bits per heavy atom. The van der Waals surface area contributed by atoms with E-state index in [0.717, 1.165) is 0 Å². The molecule has 8 nitrogen and oxygen atoms in total. The largest absolute Gasteiger partial charge is 0.406 e. The van der Waals surface area contributed by atoms with Crippen molar-refractivity contribution in [1.82, 2.24) is 10.2 Å². The molecule has 0 saturated heterocycles. The molecule has 1 atom stereocenters. The van der Waals surface area contributed by atoms with Crippen molar-refractivity contribution in [2.24, 2.45) is 11.5 Å². The molecule has 94 valence electrons. The third-order valence-electron chi connectivity index (χ3n) is 1.73. The second kappa shape index (κ2) is 5.48. The molecule has 0 bridgehead atoms. The number of amides is 2. The molecular formula is C8H12ClN5O3. The number of halogens is 1. The molecule has 1 aromatic heterocycles. The predicted molar refractivity (Wildman–Crippen MR) is 59.2 cm³/mol. The lowest BCUT2D eigenvalue weighted by atomic mass is 10.4. The lowest BCUT2D eigenvalue weighted by Crippen LogP contribution is -2.39. The Morgan fingerprint density at radius 1 is 1.35 bits per heavy atom. The molecule has 4 N–H and O–H groups in total. The zero-order valence-corrected chi connectivity index (χ0v) is 9.85. The zero-order valence-electron chi connectivity index (χ0n) is 9.09. The first kappa shape index (κ1) is 13.2. The number of hydrogen-bond acceptors (Lipinski definition) is 6. The quantitative estimate of drug-likeness (QED) is 0.642. The minimum Gasteiger partial charge on any atom is -0.406 e. The van der Waals surface area contributed by atoms with E-state index in [1.165, 1.54) is 4.90 Å². The van der Waals surface area contributed by atoms with E-state index >= 15 is 0 Å². The molecule has 0 aliphatic heterocycles. The van der Waals surface area contributed by atoms with E-state index in [0.29, 0.717) is 0 Å². The van der Waals surface area contributed by atoms with E-state index in [9.17, 15) is 9.59 Å². The number of alkyl halides is 1. The number of nitrogens with two attached hydrogens (primary N) is 2. The predicted octanol–water partition coefficient (Wildman–Crippen LogP) is -0.854. The summed E-state index contributed by atoms with van der Waals surface area (Å²) in [5.41, 5.74) is 10.0. The fourth-order valence-electron chi connectivity index (χ4n) is 1.08. The number of carbonyl (C=O) groups excluding carboxylic acids is 2. The molecule has 9 heteroatoms. The molecule has 1 unspecified atom stereocenters. The van der Waals surface area contributed by atoms with Gasteiger partial charge in [0.1, 0.15) is 18.5 Å². The summed E-state index contributed by atoms with van der Waals surface area (Å²) < 4.78 is 5.17. The van der Waals surface area contributed by atoms with Crippen LogP contribution in [0.2, 0.25) is 0 Å². The van der Waals surface area contributed by atoms with E-state index in [4.69, 9.17) is 27.5 Å². The summed E-state index contributed by atoms with van der Waals surface area (Å²) in [6.45, 7) is 1.15. The summed E-state index contributed by atoms with van der Waals surface area (Å²) in [6.07, 6.45) is 0. The van der Waals surface area contributed by atoms with Crippen molar-refractivity contribution in [1.29, 1.82) is 0 Å². The van der Waals surface area contributed by atoms with Crippen molar-refractivity contribution < 1.29 is 14.0 Å². The topological polar surface area (TPSA) is 128 Å². The van der Waals surface area contributed by atoms with Gasteiger partial charge in [-0.15, -0.1) is 16.7 Å². The van der Waals surface area contributed by atoms with E-state index < -0.39 is 17.2 Å². The van der Waals surface area contributed by atoms with Crippen LogP contribution in [-0.2, 0) is 9.59 Å². The second-order valence-electron chi connectivity index (χ2n) is 3.33. The maximum Gasteiger partial charge on any atom is 0.319 e. The summed E-state index contributed by atoms with van der Waals surface area (Å²) in [7, 11) is 0. The van der Waals surface area contributed by atoms with Crippen LogP contribution in [0.3, 0.4) is 0 Å². The molecule has 1 heterocycles. The van der Waals surface area contributed by atoms with Crippen LogP contribution in [-0.4, -0.2) is 35.1 Å². The van der Waals surface area contributed by atoms with E-state index in [2.05, 4.69) is 10.2 Å². The van der Waals surface area contributed by atoms with Gasteiger partial charge in [-0.25, -0.2) is 0 Å². The van der Waals surface area contributed by atoms with Crippen molar-refractivity contribution in [3.05, 3.63) is 5.89 Å². The van der Waals surface area contributed by atoms with E-state index in [-0.39, 0.29) is 25.0 Å². The summed E-state index contributed by atoms with van der Waals surface area (Å²) in [4.78, 5) is 22.8. The van der Waals surface area contributed by atoms with Crippen LogP contribution in [0.1, 0.15) is 18.2 Å². The number of hydrogen-bond donors (Lipinski definition) is 2. The van der Waals surface area contributed by atoms with Gasteiger partial charge in [0, 0.05) is 0 Å². The number of nitrogens with zero attached hydrogens (tertiary/aromatic N) is 3. The molecule has 0 fully saturated rings. The number of anilines is 1. The lowest BCUT2D eigenvalue weighted by molar-refractivity contribution is -0.117. The van der Waals surface area contributed by atoms with E-state index in [1.54, 1.807) is 6.92 Å². The van der Waals surface area contributed by atoms with Crippen molar-refractivity contribution in [3.8, 4) is 0 Å². The van der Waals surface area contributed by atoms with Crippen LogP contribution < -0.4 is 16.4 Å². The molecule has 0 aromatic carbocycles. The molecule has 2 amide bonds. The van der Waals surface area contributed by atoms with Crippen LogP contribution in [0.5, 0.6) is 0 Å². The van der Waals surface area contributed by atoms with Crippen LogP contribution in [0.15, 0.2) is 4.42 Å². The monoisotopic (exact) mass is 261 g/mol. The first-order chi connectivity index (χ1) is 7.90. The lowest BCUT2D eigenvalue weighted by Gasteiger charge is -2.15. The Hall–Kier alpha value is -1.83. The Balaban J connectivity index is 2.87. The molecule has 0 radical (unpaired) electrons. The fraction of sp³-hybridized carbons (Fsp3) is 0.500. The van der Waals surface area contributed by atoms with Crippen LogP contribution >= 0.6 is 11.6 Å². The van der Waals surface area contributed by atoms with Gasteiger partial charge in [-0.05, 0) is 6.92 Å². The molecule has 1 aromatic rings. The van der Waals surface area contributed by atoms with Gasteiger partial charge in [-0.3, -0.25) is 9.59 Å². The van der Waals surface area contributed by atoms with Gasteiger partial charge < -0.3 is 20.8 Å².